The molecule has 1 atom stereocenters. The monoisotopic (exact) mass is 470 g/mol. The Labute approximate surface area is 194 Å². The molecule has 4 aromatic rings. The SMILES string of the molecule is Fc1ccc(CNc2ncc3nc(-c4c(Cl)cccc4Cl)n(C[C@H]4CCNC4)c3n2)cc1. The molecule has 6 nitrogen and oxygen atoms in total. The lowest BCUT2D eigenvalue weighted by Crippen LogP contribution is -2.16. The topological polar surface area (TPSA) is 67.7 Å². The summed E-state index contributed by atoms with van der Waals surface area (Å²) >= 11 is 13.0. The molecule has 0 bridgehead atoms. The molecule has 5 rings (SSSR count). The van der Waals surface area contributed by atoms with Crippen LogP contribution in [0.4, 0.5) is 10.3 Å². The average molecular weight is 471 g/mol. The number of imidazole rings is 1. The van der Waals surface area contributed by atoms with Crippen LogP contribution < -0.4 is 10.6 Å². The maximum atomic E-state index is 13.2. The van der Waals surface area contributed by atoms with Crippen LogP contribution in [0.25, 0.3) is 22.6 Å². The molecule has 0 saturated carbocycles. The van der Waals surface area contributed by atoms with Gasteiger partial charge >= 0.3 is 0 Å². The predicted octanol–water partition coefficient (Wildman–Crippen LogP) is 5.16. The summed E-state index contributed by atoms with van der Waals surface area (Å²) in [5, 5.41) is 7.71. The lowest BCUT2D eigenvalue weighted by atomic mass is 10.1. The minimum absolute atomic E-state index is 0.262. The summed E-state index contributed by atoms with van der Waals surface area (Å²) < 4.78 is 15.2. The van der Waals surface area contributed by atoms with Crippen LogP contribution >= 0.6 is 23.2 Å². The molecule has 1 aliphatic heterocycles. The van der Waals surface area contributed by atoms with Crippen molar-refractivity contribution in [3.63, 3.8) is 0 Å². The second-order valence-corrected chi connectivity index (χ2v) is 8.70. The third kappa shape index (κ3) is 4.28. The normalized spacial score (nSPS) is 16.0. The van der Waals surface area contributed by atoms with Crippen LogP contribution in [0, 0.1) is 11.7 Å². The molecule has 0 radical (unpaired) electrons. The smallest absolute Gasteiger partial charge is 0.225 e. The number of benzene rings is 2. The Bertz CT molecular complexity index is 1230. The fourth-order valence-electron chi connectivity index (χ4n) is 3.99. The molecular formula is C23H21Cl2FN6. The van der Waals surface area contributed by atoms with Crippen LogP contribution in [0.2, 0.25) is 10.0 Å². The third-order valence-electron chi connectivity index (χ3n) is 5.64. The Morgan fingerprint density at radius 2 is 1.88 bits per heavy atom. The minimum Gasteiger partial charge on any atom is -0.350 e. The predicted molar refractivity (Wildman–Crippen MR) is 125 cm³/mol. The summed E-state index contributed by atoms with van der Waals surface area (Å²) in [6, 6.07) is 11.8. The molecule has 0 spiro atoms. The van der Waals surface area contributed by atoms with E-state index in [2.05, 4.69) is 20.2 Å². The molecule has 0 amide bonds. The van der Waals surface area contributed by atoms with Crippen molar-refractivity contribution < 1.29 is 4.39 Å². The van der Waals surface area contributed by atoms with Crippen molar-refractivity contribution in [2.75, 3.05) is 18.4 Å². The average Bonchev–Trinajstić information content (AvgIpc) is 3.42. The third-order valence-corrected chi connectivity index (χ3v) is 6.27. The summed E-state index contributed by atoms with van der Waals surface area (Å²) in [6.07, 6.45) is 2.78. The van der Waals surface area contributed by atoms with Crippen LogP contribution in [0.15, 0.2) is 48.7 Å². The van der Waals surface area contributed by atoms with Gasteiger partial charge in [0.15, 0.2) is 5.65 Å². The van der Waals surface area contributed by atoms with Gasteiger partial charge in [0, 0.05) is 13.1 Å². The standard InChI is InChI=1S/C23H21Cl2FN6/c24-17-2-1-3-18(25)20(17)22-30-19-12-29-23(28-11-14-4-6-16(26)7-5-14)31-21(19)32(22)13-15-8-9-27-10-15/h1-7,12,15,27H,8-11,13H2,(H,28,29,31)/t15-/m0/s1. The number of anilines is 1. The molecule has 3 heterocycles. The Hall–Kier alpha value is -2.74. The second-order valence-electron chi connectivity index (χ2n) is 7.88. The molecular weight excluding hydrogens is 450 g/mol. The van der Waals surface area contributed by atoms with Crippen molar-refractivity contribution in [3.05, 3.63) is 70.1 Å². The van der Waals surface area contributed by atoms with Crippen LogP contribution in [-0.2, 0) is 13.1 Å². The molecule has 0 unspecified atom stereocenters. The van der Waals surface area contributed by atoms with E-state index in [4.69, 9.17) is 33.2 Å². The highest BCUT2D eigenvalue weighted by Crippen LogP contribution is 2.36. The van der Waals surface area contributed by atoms with Gasteiger partial charge in [-0.05, 0) is 55.3 Å². The first-order chi connectivity index (χ1) is 15.6. The molecule has 1 saturated heterocycles. The Morgan fingerprint density at radius 1 is 1.09 bits per heavy atom. The van der Waals surface area contributed by atoms with Crippen molar-refractivity contribution in [2.45, 2.75) is 19.5 Å². The van der Waals surface area contributed by atoms with Gasteiger partial charge in [-0.25, -0.2) is 14.4 Å². The van der Waals surface area contributed by atoms with E-state index in [-0.39, 0.29) is 5.82 Å². The molecule has 2 aromatic heterocycles. The van der Waals surface area contributed by atoms with Crippen LogP contribution in [0.1, 0.15) is 12.0 Å². The van der Waals surface area contributed by atoms with Gasteiger partial charge in [-0.1, -0.05) is 41.4 Å². The zero-order chi connectivity index (χ0) is 22.1. The lowest BCUT2D eigenvalue weighted by molar-refractivity contribution is 0.490. The van der Waals surface area contributed by atoms with E-state index in [0.29, 0.717) is 45.4 Å². The largest absolute Gasteiger partial charge is 0.350 e. The summed E-state index contributed by atoms with van der Waals surface area (Å²) in [7, 11) is 0. The van der Waals surface area contributed by atoms with E-state index < -0.39 is 0 Å². The highest BCUT2D eigenvalue weighted by Gasteiger charge is 2.23. The molecule has 2 aromatic carbocycles. The van der Waals surface area contributed by atoms with Crippen LogP contribution in [-0.4, -0.2) is 32.6 Å². The van der Waals surface area contributed by atoms with Crippen LogP contribution in [0.3, 0.4) is 0 Å². The van der Waals surface area contributed by atoms with Gasteiger partial charge in [0.1, 0.15) is 17.2 Å². The Kier molecular flexibility index (Phi) is 5.95. The maximum absolute atomic E-state index is 13.2. The fraction of sp³-hybridized carbons (Fsp3) is 0.261. The first-order valence-electron chi connectivity index (χ1n) is 10.4. The van der Waals surface area contributed by atoms with Gasteiger partial charge in [-0.15, -0.1) is 0 Å². The Morgan fingerprint density at radius 3 is 2.59 bits per heavy atom. The zero-order valence-corrected chi connectivity index (χ0v) is 18.7. The van der Waals surface area contributed by atoms with Gasteiger partial charge in [-0.2, -0.15) is 4.98 Å². The van der Waals surface area contributed by atoms with Gasteiger partial charge < -0.3 is 15.2 Å². The van der Waals surface area contributed by atoms with Crippen LogP contribution in [0.5, 0.6) is 0 Å². The van der Waals surface area contributed by atoms with E-state index in [0.717, 1.165) is 37.3 Å². The van der Waals surface area contributed by atoms with E-state index in [1.807, 2.05) is 18.2 Å². The first kappa shape index (κ1) is 21.1. The molecule has 2 N–H and O–H groups in total. The van der Waals surface area contributed by atoms with Crippen molar-refractivity contribution in [2.24, 2.45) is 5.92 Å². The lowest BCUT2D eigenvalue weighted by Gasteiger charge is -2.15. The maximum Gasteiger partial charge on any atom is 0.225 e. The van der Waals surface area contributed by atoms with E-state index in [9.17, 15) is 4.39 Å². The molecule has 164 valence electrons. The van der Waals surface area contributed by atoms with Gasteiger partial charge in [-0.3, -0.25) is 0 Å². The number of nitrogens with zero attached hydrogens (tertiary/aromatic N) is 4. The molecule has 1 aliphatic rings. The molecule has 1 fully saturated rings. The van der Waals surface area contributed by atoms with E-state index in [1.165, 1.54) is 12.1 Å². The highest BCUT2D eigenvalue weighted by molar-refractivity contribution is 6.39. The molecule has 0 aliphatic carbocycles. The number of hydrogen-bond donors (Lipinski definition) is 2. The minimum atomic E-state index is -0.262. The van der Waals surface area contributed by atoms with E-state index in [1.54, 1.807) is 18.3 Å². The van der Waals surface area contributed by atoms with Crippen molar-refractivity contribution in [1.82, 2.24) is 24.8 Å². The number of halogens is 3. The van der Waals surface area contributed by atoms with Gasteiger partial charge in [0.05, 0.1) is 21.8 Å². The summed E-state index contributed by atoms with van der Waals surface area (Å²) in [6.45, 7) is 3.17. The summed E-state index contributed by atoms with van der Waals surface area (Å²) in [5.74, 6) is 1.36. The summed E-state index contributed by atoms with van der Waals surface area (Å²) in [5.41, 5.74) is 3.03. The van der Waals surface area contributed by atoms with Crippen molar-refractivity contribution in [1.29, 1.82) is 0 Å². The van der Waals surface area contributed by atoms with Gasteiger partial charge in [0.2, 0.25) is 5.95 Å². The number of rotatable bonds is 6. The Balaban J connectivity index is 1.54. The molecule has 32 heavy (non-hydrogen) atoms. The van der Waals surface area contributed by atoms with Crippen molar-refractivity contribution >= 4 is 40.3 Å². The highest BCUT2D eigenvalue weighted by atomic mass is 35.5. The first-order valence-corrected chi connectivity index (χ1v) is 11.2. The number of hydrogen-bond acceptors (Lipinski definition) is 5. The molecule has 9 heteroatoms. The number of nitrogens with one attached hydrogen (secondary N) is 2. The number of aromatic nitrogens is 4. The quantitative estimate of drug-likeness (QED) is 0.407. The summed E-state index contributed by atoms with van der Waals surface area (Å²) in [4.78, 5) is 14.0. The van der Waals surface area contributed by atoms with Crippen molar-refractivity contribution in [3.8, 4) is 11.4 Å². The van der Waals surface area contributed by atoms with Gasteiger partial charge in [0.25, 0.3) is 0 Å². The zero-order valence-electron chi connectivity index (χ0n) is 17.2. The fourth-order valence-corrected chi connectivity index (χ4v) is 4.56. The van der Waals surface area contributed by atoms with E-state index >= 15 is 0 Å². The second kappa shape index (κ2) is 9.02. The number of fused-ring (bicyclic) bond motifs is 1.